The van der Waals surface area contributed by atoms with Crippen LogP contribution in [0.25, 0.3) is 0 Å². The van der Waals surface area contributed by atoms with Crippen LogP contribution in [0.5, 0.6) is 0 Å². The number of hydrogen-bond acceptors (Lipinski definition) is 10. The fourth-order valence-electron chi connectivity index (χ4n) is 4.98. The lowest BCUT2D eigenvalue weighted by Crippen LogP contribution is -2.59. The van der Waals surface area contributed by atoms with Crippen LogP contribution in [0.2, 0.25) is 0 Å². The molecule has 19 heteroatoms. The Kier molecular flexibility index (Phi) is 17.7. The van der Waals surface area contributed by atoms with E-state index in [1.54, 1.807) is 60.7 Å². The Morgan fingerprint density at radius 3 is 1.44 bits per heavy atom. The number of carbonyl (C=O) groups is 9. The van der Waals surface area contributed by atoms with Crippen LogP contribution in [0, 0.1) is 0 Å². The predicted molar refractivity (Wildman–Crippen MR) is 189 cm³/mol. The number of rotatable bonds is 23. The molecule has 0 aliphatic heterocycles. The van der Waals surface area contributed by atoms with Gasteiger partial charge in [-0.15, -0.1) is 0 Å². The van der Waals surface area contributed by atoms with Gasteiger partial charge in [-0.05, 0) is 30.9 Å². The maximum atomic E-state index is 13.6. The van der Waals surface area contributed by atoms with Gasteiger partial charge < -0.3 is 53.4 Å². The van der Waals surface area contributed by atoms with Gasteiger partial charge in [0.1, 0.15) is 30.2 Å². The lowest BCUT2D eigenvalue weighted by Gasteiger charge is -2.26. The quantitative estimate of drug-likeness (QED) is 0.0584. The number of carboxylic acid groups (broad SMARTS) is 3. The number of aliphatic carboxylic acids is 3. The minimum atomic E-state index is -1.57. The van der Waals surface area contributed by atoms with Crippen molar-refractivity contribution >= 4 is 53.4 Å². The van der Waals surface area contributed by atoms with E-state index in [-0.39, 0.29) is 25.7 Å². The highest BCUT2D eigenvalue weighted by molar-refractivity contribution is 5.97. The van der Waals surface area contributed by atoms with E-state index in [0.29, 0.717) is 11.1 Å². The molecule has 0 aromatic heterocycles. The lowest BCUT2D eigenvalue weighted by atomic mass is 10.0. The first-order valence-electron chi connectivity index (χ1n) is 16.8. The third-order valence-corrected chi connectivity index (χ3v) is 7.89. The van der Waals surface area contributed by atoms with Crippen LogP contribution in [-0.2, 0) is 56.0 Å². The molecule has 292 valence electrons. The summed E-state index contributed by atoms with van der Waals surface area (Å²) in [6.07, 6.45) is -2.67. The van der Waals surface area contributed by atoms with Crippen LogP contribution in [0.4, 0.5) is 0 Å². The second-order valence-electron chi connectivity index (χ2n) is 12.3. The molecule has 0 fully saturated rings. The molecular formula is C35H45N7O12. The van der Waals surface area contributed by atoms with Crippen molar-refractivity contribution in [2.75, 3.05) is 0 Å². The van der Waals surface area contributed by atoms with Crippen LogP contribution >= 0.6 is 0 Å². The highest BCUT2D eigenvalue weighted by Gasteiger charge is 2.32. The molecule has 0 spiro atoms. The Morgan fingerprint density at radius 2 is 0.981 bits per heavy atom. The molecule has 0 saturated carbocycles. The van der Waals surface area contributed by atoms with E-state index in [0.717, 1.165) is 0 Å². The summed E-state index contributed by atoms with van der Waals surface area (Å²) in [5.74, 6) is -9.61. The molecule has 0 saturated heterocycles. The fourth-order valence-corrected chi connectivity index (χ4v) is 4.98. The molecule has 12 N–H and O–H groups in total. The maximum absolute atomic E-state index is 13.6. The van der Waals surface area contributed by atoms with E-state index in [1.807, 2.05) is 0 Å². The molecule has 0 aliphatic carbocycles. The zero-order chi connectivity index (χ0) is 40.4. The number of carboxylic acids is 3. The molecule has 0 radical (unpaired) electrons. The van der Waals surface area contributed by atoms with Gasteiger partial charge in [0.05, 0.1) is 12.5 Å². The molecule has 0 aliphatic rings. The standard InChI is InChI=1S/C35H45N7O12/c1-19(30(48)41-26(17-21-10-6-3-7-11-21)34(52)40-24(35(53)54)12-14-27(37)43)38-33(51)25(16-20-8-4-2-5-9-20)42-32(50)23(13-15-28(44)45)39-31(49)22(36)18-29(46)47/h2-11,19,22-26H,12-18,36H2,1H3,(H2,37,43)(H,38,51)(H,39,49)(H,40,52)(H,41,48)(H,42,50)(H,44,45)(H,46,47)(H,53,54)/t19-,22-,23-,24-,25-,26-/m0/s1. The molecular weight excluding hydrogens is 710 g/mol. The number of primary amides is 1. The molecule has 6 amide bonds. The molecule has 0 heterocycles. The van der Waals surface area contributed by atoms with Crippen molar-refractivity contribution in [1.82, 2.24) is 26.6 Å². The number of hydrogen-bond donors (Lipinski definition) is 10. The number of benzene rings is 2. The van der Waals surface area contributed by atoms with Crippen molar-refractivity contribution in [3.8, 4) is 0 Å². The van der Waals surface area contributed by atoms with Gasteiger partial charge in [-0.2, -0.15) is 0 Å². The second-order valence-corrected chi connectivity index (χ2v) is 12.3. The van der Waals surface area contributed by atoms with Crippen LogP contribution < -0.4 is 38.1 Å². The predicted octanol–water partition coefficient (Wildman–Crippen LogP) is -2.07. The first-order chi connectivity index (χ1) is 25.5. The summed E-state index contributed by atoms with van der Waals surface area (Å²) in [6.45, 7) is 1.29. The normalized spacial score (nSPS) is 14.0. The van der Waals surface area contributed by atoms with Gasteiger partial charge in [-0.25, -0.2) is 4.79 Å². The number of nitrogens with two attached hydrogens (primary N) is 2. The van der Waals surface area contributed by atoms with Gasteiger partial charge >= 0.3 is 17.9 Å². The highest BCUT2D eigenvalue weighted by Crippen LogP contribution is 2.09. The van der Waals surface area contributed by atoms with Gasteiger partial charge in [0.25, 0.3) is 0 Å². The first kappa shape index (κ1) is 43.8. The zero-order valence-electron chi connectivity index (χ0n) is 29.4. The largest absolute Gasteiger partial charge is 0.481 e. The summed E-state index contributed by atoms with van der Waals surface area (Å²) in [6, 6.07) is 8.07. The first-order valence-corrected chi connectivity index (χ1v) is 16.8. The molecule has 2 rings (SSSR count). The van der Waals surface area contributed by atoms with Crippen molar-refractivity contribution in [3.63, 3.8) is 0 Å². The summed E-state index contributed by atoms with van der Waals surface area (Å²) in [7, 11) is 0. The molecule has 2 aromatic rings. The van der Waals surface area contributed by atoms with Gasteiger partial charge in [-0.1, -0.05) is 60.7 Å². The van der Waals surface area contributed by atoms with Crippen molar-refractivity contribution in [2.45, 2.75) is 88.1 Å². The fraction of sp³-hybridized carbons (Fsp3) is 0.400. The summed E-state index contributed by atoms with van der Waals surface area (Å²) >= 11 is 0. The summed E-state index contributed by atoms with van der Waals surface area (Å²) in [5, 5.41) is 39.7. The van der Waals surface area contributed by atoms with Crippen LogP contribution in [0.1, 0.15) is 50.2 Å². The van der Waals surface area contributed by atoms with Gasteiger partial charge in [0, 0.05) is 25.7 Å². The van der Waals surface area contributed by atoms with Crippen molar-refractivity contribution in [1.29, 1.82) is 0 Å². The van der Waals surface area contributed by atoms with Crippen LogP contribution in [-0.4, -0.2) is 105 Å². The third-order valence-electron chi connectivity index (χ3n) is 7.89. The Bertz CT molecular complexity index is 1660. The van der Waals surface area contributed by atoms with E-state index in [2.05, 4.69) is 26.6 Å². The Labute approximate surface area is 309 Å². The molecule has 0 unspecified atom stereocenters. The Hall–Kier alpha value is -6.37. The topological polar surface area (TPSA) is 327 Å². The molecule has 0 bridgehead atoms. The number of amides is 6. The number of carbonyl (C=O) groups excluding carboxylic acids is 6. The Morgan fingerprint density at radius 1 is 0.556 bits per heavy atom. The highest BCUT2D eigenvalue weighted by atomic mass is 16.4. The van der Waals surface area contributed by atoms with Crippen LogP contribution in [0.15, 0.2) is 60.7 Å². The second kappa shape index (κ2) is 21.9. The van der Waals surface area contributed by atoms with Crippen LogP contribution in [0.3, 0.4) is 0 Å². The van der Waals surface area contributed by atoms with E-state index < -0.39 is 109 Å². The van der Waals surface area contributed by atoms with Gasteiger partial charge in [0.2, 0.25) is 35.4 Å². The van der Waals surface area contributed by atoms with Gasteiger partial charge in [-0.3, -0.25) is 38.4 Å². The summed E-state index contributed by atoms with van der Waals surface area (Å²) < 4.78 is 0. The summed E-state index contributed by atoms with van der Waals surface area (Å²) in [5.41, 5.74) is 11.9. The molecule has 54 heavy (non-hydrogen) atoms. The van der Waals surface area contributed by atoms with E-state index in [1.165, 1.54) is 6.92 Å². The van der Waals surface area contributed by atoms with Crippen molar-refractivity contribution in [2.24, 2.45) is 11.5 Å². The average Bonchev–Trinajstić information content (AvgIpc) is 3.11. The molecule has 19 nitrogen and oxygen atoms in total. The maximum Gasteiger partial charge on any atom is 0.326 e. The third kappa shape index (κ3) is 15.9. The van der Waals surface area contributed by atoms with Crippen molar-refractivity contribution < 1.29 is 58.5 Å². The molecule has 6 atom stereocenters. The zero-order valence-corrected chi connectivity index (χ0v) is 29.4. The van der Waals surface area contributed by atoms with Gasteiger partial charge in [0.15, 0.2) is 0 Å². The monoisotopic (exact) mass is 755 g/mol. The number of nitrogens with one attached hydrogen (secondary N) is 5. The lowest BCUT2D eigenvalue weighted by molar-refractivity contribution is -0.142. The smallest absolute Gasteiger partial charge is 0.326 e. The minimum absolute atomic E-state index is 0.0898. The van der Waals surface area contributed by atoms with E-state index in [9.17, 15) is 53.4 Å². The SMILES string of the molecule is C[C@H](NC(=O)[C@H](Cc1ccccc1)NC(=O)[C@H](CCC(=O)O)NC(=O)[C@@H](N)CC(=O)O)C(=O)N[C@@H](Cc1ccccc1)C(=O)N[C@@H](CCC(N)=O)C(=O)O. The average molecular weight is 756 g/mol. The minimum Gasteiger partial charge on any atom is -0.481 e. The van der Waals surface area contributed by atoms with E-state index >= 15 is 0 Å². The summed E-state index contributed by atoms with van der Waals surface area (Å²) in [4.78, 5) is 112. The van der Waals surface area contributed by atoms with E-state index in [4.69, 9.17) is 16.6 Å². The molecule has 2 aromatic carbocycles. The Balaban J connectivity index is 2.29. The van der Waals surface area contributed by atoms with Crippen molar-refractivity contribution in [3.05, 3.63) is 71.8 Å².